The molecule has 0 aliphatic rings. The minimum Gasteiger partial charge on any atom is -0.385 e. The lowest BCUT2D eigenvalue weighted by Crippen LogP contribution is -2.09. The molecule has 3 N–H and O–H groups in total. The Morgan fingerprint density at radius 1 is 1.42 bits per heavy atom. The third-order valence-corrected chi connectivity index (χ3v) is 2.19. The second kappa shape index (κ2) is 4.07. The van der Waals surface area contributed by atoms with Gasteiger partial charge in [-0.3, -0.25) is 0 Å². The molecule has 64 valence electrons. The normalized spacial score (nSPS) is 9.42. The van der Waals surface area contributed by atoms with E-state index in [1.807, 2.05) is 12.1 Å². The molecule has 1 aromatic carbocycles. The van der Waals surface area contributed by atoms with Crippen molar-refractivity contribution in [1.82, 2.24) is 4.72 Å². The standard InChI is InChI=1S/C9H12N2S/c1-7-3-5-9(6-4-7)12-11-8(2)10/h3-6,11H,2,10H2,1H3. The highest BCUT2D eigenvalue weighted by molar-refractivity contribution is 7.97. The molecule has 1 aromatic rings. The van der Waals surface area contributed by atoms with Crippen molar-refractivity contribution in [3.63, 3.8) is 0 Å². The van der Waals surface area contributed by atoms with Gasteiger partial charge in [-0.2, -0.15) is 0 Å². The fraction of sp³-hybridized carbons (Fsp3) is 0.111. The number of hydrogen-bond acceptors (Lipinski definition) is 3. The van der Waals surface area contributed by atoms with Crippen LogP contribution in [-0.2, 0) is 0 Å². The van der Waals surface area contributed by atoms with Crippen LogP contribution in [0.1, 0.15) is 5.56 Å². The van der Waals surface area contributed by atoms with E-state index in [-0.39, 0.29) is 0 Å². The van der Waals surface area contributed by atoms with E-state index in [0.29, 0.717) is 5.82 Å². The zero-order valence-electron chi connectivity index (χ0n) is 7.00. The number of nitrogens with two attached hydrogens (primary N) is 1. The highest BCUT2D eigenvalue weighted by Crippen LogP contribution is 2.14. The highest BCUT2D eigenvalue weighted by Gasteiger charge is 1.91. The van der Waals surface area contributed by atoms with E-state index < -0.39 is 0 Å². The molecule has 0 aliphatic carbocycles. The second-order valence-corrected chi connectivity index (χ2v) is 3.42. The maximum Gasteiger partial charge on any atom is 0.0989 e. The molecule has 0 aliphatic heterocycles. The third-order valence-electron chi connectivity index (χ3n) is 1.32. The molecule has 0 fully saturated rings. The smallest absolute Gasteiger partial charge is 0.0989 e. The van der Waals surface area contributed by atoms with Gasteiger partial charge in [-0.15, -0.1) is 0 Å². The molecule has 0 unspecified atom stereocenters. The lowest BCUT2D eigenvalue weighted by molar-refractivity contribution is 1.16. The van der Waals surface area contributed by atoms with Crippen LogP contribution in [0.25, 0.3) is 0 Å². The zero-order valence-corrected chi connectivity index (χ0v) is 7.82. The molecule has 1 rings (SSSR count). The van der Waals surface area contributed by atoms with Crippen molar-refractivity contribution in [3.8, 4) is 0 Å². The molecular formula is C9H12N2S. The number of aryl methyl sites for hydroxylation is 1. The molecule has 0 spiro atoms. The summed E-state index contributed by atoms with van der Waals surface area (Å²) >= 11 is 1.46. The van der Waals surface area contributed by atoms with Gasteiger partial charge in [0.2, 0.25) is 0 Å². The predicted octanol–water partition coefficient (Wildman–Crippen LogP) is 2.02. The van der Waals surface area contributed by atoms with Gasteiger partial charge >= 0.3 is 0 Å². The minimum atomic E-state index is 0.473. The summed E-state index contributed by atoms with van der Waals surface area (Å²) in [6, 6.07) is 8.19. The van der Waals surface area contributed by atoms with Gasteiger partial charge in [0.25, 0.3) is 0 Å². The van der Waals surface area contributed by atoms with E-state index >= 15 is 0 Å². The summed E-state index contributed by atoms with van der Waals surface area (Å²) in [5.41, 5.74) is 6.60. The van der Waals surface area contributed by atoms with Crippen molar-refractivity contribution < 1.29 is 0 Å². The van der Waals surface area contributed by atoms with Gasteiger partial charge in [0.1, 0.15) is 0 Å². The van der Waals surface area contributed by atoms with Gasteiger partial charge in [0, 0.05) is 4.90 Å². The van der Waals surface area contributed by atoms with Crippen LogP contribution in [0, 0.1) is 6.92 Å². The minimum absolute atomic E-state index is 0.473. The fourth-order valence-electron chi connectivity index (χ4n) is 0.731. The molecule has 0 radical (unpaired) electrons. The third kappa shape index (κ3) is 2.88. The molecular weight excluding hydrogens is 168 g/mol. The summed E-state index contributed by atoms with van der Waals surface area (Å²) < 4.78 is 2.88. The van der Waals surface area contributed by atoms with E-state index in [1.54, 1.807) is 0 Å². The van der Waals surface area contributed by atoms with E-state index in [1.165, 1.54) is 17.5 Å². The molecule has 0 saturated carbocycles. The van der Waals surface area contributed by atoms with E-state index in [4.69, 9.17) is 5.73 Å². The molecule has 0 bridgehead atoms. The van der Waals surface area contributed by atoms with Crippen molar-refractivity contribution in [3.05, 3.63) is 42.2 Å². The first kappa shape index (κ1) is 9.00. The summed E-state index contributed by atoms with van der Waals surface area (Å²) in [4.78, 5) is 1.13. The predicted molar refractivity (Wildman–Crippen MR) is 53.5 cm³/mol. The van der Waals surface area contributed by atoms with Crippen LogP contribution < -0.4 is 10.5 Å². The molecule has 2 nitrogen and oxygen atoms in total. The van der Waals surface area contributed by atoms with Crippen molar-refractivity contribution >= 4 is 11.9 Å². The van der Waals surface area contributed by atoms with Crippen LogP contribution in [0.5, 0.6) is 0 Å². The Morgan fingerprint density at radius 2 is 2.00 bits per heavy atom. The average Bonchev–Trinajstić information content (AvgIpc) is 2.03. The summed E-state index contributed by atoms with van der Waals surface area (Å²) in [7, 11) is 0. The lowest BCUT2D eigenvalue weighted by atomic mass is 10.2. The average molecular weight is 180 g/mol. The largest absolute Gasteiger partial charge is 0.385 e. The summed E-state index contributed by atoms with van der Waals surface area (Å²) in [5.74, 6) is 0.473. The van der Waals surface area contributed by atoms with Crippen LogP contribution in [-0.4, -0.2) is 0 Å². The Hall–Kier alpha value is -1.09. The van der Waals surface area contributed by atoms with Crippen LogP contribution >= 0.6 is 11.9 Å². The molecule has 0 heterocycles. The SMILES string of the molecule is C=C(N)NSc1ccc(C)cc1. The number of rotatable bonds is 3. The van der Waals surface area contributed by atoms with Crippen LogP contribution in [0.4, 0.5) is 0 Å². The zero-order chi connectivity index (χ0) is 8.97. The van der Waals surface area contributed by atoms with Gasteiger partial charge in [-0.25, -0.2) is 0 Å². The van der Waals surface area contributed by atoms with Crippen molar-refractivity contribution in [2.24, 2.45) is 5.73 Å². The summed E-state index contributed by atoms with van der Waals surface area (Å²) in [6.07, 6.45) is 0. The Labute approximate surface area is 77.0 Å². The highest BCUT2D eigenvalue weighted by atomic mass is 32.2. The topological polar surface area (TPSA) is 38.0 Å². The molecule has 3 heteroatoms. The molecule has 0 atom stereocenters. The first-order chi connectivity index (χ1) is 5.68. The molecule has 0 amide bonds. The van der Waals surface area contributed by atoms with Crippen LogP contribution in [0.2, 0.25) is 0 Å². The van der Waals surface area contributed by atoms with Gasteiger partial charge in [-0.1, -0.05) is 24.3 Å². The summed E-state index contributed by atoms with van der Waals surface area (Å²) in [5, 5.41) is 0. The quantitative estimate of drug-likeness (QED) is 0.699. The molecule has 0 saturated heterocycles. The van der Waals surface area contributed by atoms with Crippen LogP contribution in [0.3, 0.4) is 0 Å². The summed E-state index contributed by atoms with van der Waals surface area (Å²) in [6.45, 7) is 5.59. The van der Waals surface area contributed by atoms with Gasteiger partial charge in [0.05, 0.1) is 5.82 Å². The number of hydrogen-bond donors (Lipinski definition) is 2. The Bertz CT molecular complexity index is 266. The molecule has 0 aromatic heterocycles. The van der Waals surface area contributed by atoms with Gasteiger partial charge < -0.3 is 10.5 Å². The maximum absolute atomic E-state index is 5.34. The first-order valence-corrected chi connectivity index (χ1v) is 4.44. The van der Waals surface area contributed by atoms with Crippen molar-refractivity contribution in [2.75, 3.05) is 0 Å². The van der Waals surface area contributed by atoms with Crippen molar-refractivity contribution in [1.29, 1.82) is 0 Å². The maximum atomic E-state index is 5.34. The Morgan fingerprint density at radius 3 is 2.50 bits per heavy atom. The van der Waals surface area contributed by atoms with Gasteiger partial charge in [-0.05, 0) is 31.0 Å². The number of nitrogens with one attached hydrogen (secondary N) is 1. The van der Waals surface area contributed by atoms with E-state index in [0.717, 1.165) is 4.90 Å². The number of benzene rings is 1. The van der Waals surface area contributed by atoms with E-state index in [2.05, 4.69) is 30.4 Å². The molecule has 12 heavy (non-hydrogen) atoms. The van der Waals surface area contributed by atoms with Crippen LogP contribution in [0.15, 0.2) is 41.6 Å². The van der Waals surface area contributed by atoms with Gasteiger partial charge in [0.15, 0.2) is 0 Å². The fourth-order valence-corrected chi connectivity index (χ4v) is 1.25. The lowest BCUT2D eigenvalue weighted by Gasteiger charge is -2.03. The monoisotopic (exact) mass is 180 g/mol. The Balaban J connectivity index is 2.53. The second-order valence-electron chi connectivity index (χ2n) is 2.54. The first-order valence-electron chi connectivity index (χ1n) is 3.62. The Kier molecular flexibility index (Phi) is 3.05. The van der Waals surface area contributed by atoms with Crippen molar-refractivity contribution in [2.45, 2.75) is 11.8 Å². The van der Waals surface area contributed by atoms with E-state index in [9.17, 15) is 0 Å².